The molecule has 3 aromatic rings. The number of aromatic nitrogens is 3. The van der Waals surface area contributed by atoms with Gasteiger partial charge in [0.2, 0.25) is 5.95 Å². The summed E-state index contributed by atoms with van der Waals surface area (Å²) >= 11 is 1.40. The van der Waals surface area contributed by atoms with E-state index in [1.807, 2.05) is 13.0 Å². The molecule has 3 N–H and O–H groups in total. The van der Waals surface area contributed by atoms with Crippen LogP contribution in [0.4, 0.5) is 24.8 Å². The predicted molar refractivity (Wildman–Crippen MR) is 116 cm³/mol. The smallest absolute Gasteiger partial charge is 0.396 e. The van der Waals surface area contributed by atoms with Crippen LogP contribution in [0.2, 0.25) is 0 Å². The lowest BCUT2D eigenvalue weighted by Gasteiger charge is -2.33. The Kier molecular flexibility index (Phi) is 6.19. The van der Waals surface area contributed by atoms with Crippen molar-refractivity contribution in [2.45, 2.75) is 44.4 Å². The molecule has 0 aliphatic heterocycles. The van der Waals surface area contributed by atoms with Gasteiger partial charge in [-0.05, 0) is 67.9 Å². The maximum Gasteiger partial charge on any atom is 0.433 e. The highest BCUT2D eigenvalue weighted by molar-refractivity contribution is 7.15. The van der Waals surface area contributed by atoms with Crippen LogP contribution in [-0.4, -0.2) is 31.8 Å². The van der Waals surface area contributed by atoms with Crippen LogP contribution in [0.15, 0.2) is 36.7 Å². The molecule has 0 spiro atoms. The Bertz CT molecular complexity index is 1090. The molecule has 0 unspecified atom stereocenters. The Balaban J connectivity index is 1.56. The van der Waals surface area contributed by atoms with Crippen molar-refractivity contribution in [2.75, 3.05) is 11.9 Å². The Morgan fingerprint density at radius 1 is 1.19 bits per heavy atom. The number of halogens is 3. The average molecular weight is 465 g/mol. The molecule has 4 rings (SSSR count). The topological polar surface area (TPSA) is 91.2 Å². The fourth-order valence-electron chi connectivity index (χ4n) is 3.88. The zero-order valence-electron chi connectivity index (χ0n) is 17.4. The van der Waals surface area contributed by atoms with Crippen LogP contribution >= 0.6 is 11.3 Å². The number of thiazole rings is 1. The molecule has 0 radical (unpaired) electrons. The van der Waals surface area contributed by atoms with E-state index < -0.39 is 17.5 Å². The minimum atomic E-state index is -4.55. The van der Waals surface area contributed by atoms with E-state index in [4.69, 9.17) is 0 Å². The number of nitrogens with zero attached hydrogens (tertiary/aromatic N) is 3. The summed E-state index contributed by atoms with van der Waals surface area (Å²) in [6, 6.07) is 6.35. The van der Waals surface area contributed by atoms with Gasteiger partial charge >= 0.3 is 6.18 Å². The average Bonchev–Trinajstić information content (AvgIpc) is 3.25. The third-order valence-corrected chi connectivity index (χ3v) is 6.90. The third kappa shape index (κ3) is 4.92. The number of aryl methyl sites for hydroxylation is 1. The van der Waals surface area contributed by atoms with Gasteiger partial charge in [0.05, 0.1) is 4.88 Å². The number of hydrogen-bond acceptors (Lipinski definition) is 7. The second-order valence-electron chi connectivity index (χ2n) is 8.16. The van der Waals surface area contributed by atoms with Gasteiger partial charge in [-0.1, -0.05) is 6.07 Å². The molecule has 1 aromatic carbocycles. The van der Waals surface area contributed by atoms with Crippen molar-refractivity contribution in [1.29, 1.82) is 0 Å². The van der Waals surface area contributed by atoms with Gasteiger partial charge in [-0.25, -0.2) is 15.0 Å². The number of nitrogens with one attached hydrogen (secondary N) is 1. The van der Waals surface area contributed by atoms with E-state index in [0.29, 0.717) is 23.5 Å². The van der Waals surface area contributed by atoms with E-state index in [-0.39, 0.29) is 18.5 Å². The monoisotopic (exact) mass is 464 g/mol. The summed E-state index contributed by atoms with van der Waals surface area (Å²) in [5, 5.41) is 23.9. The number of rotatable bonds is 5. The van der Waals surface area contributed by atoms with Crippen molar-refractivity contribution in [1.82, 2.24) is 15.0 Å². The lowest BCUT2D eigenvalue weighted by molar-refractivity contribution is -0.141. The van der Waals surface area contributed by atoms with Crippen LogP contribution in [-0.2, 0) is 11.8 Å². The first-order valence-corrected chi connectivity index (χ1v) is 11.1. The Morgan fingerprint density at radius 2 is 1.94 bits per heavy atom. The zero-order chi connectivity index (χ0) is 22.9. The molecule has 1 aliphatic rings. The Labute approximate surface area is 187 Å². The Hall–Kier alpha value is -2.56. The summed E-state index contributed by atoms with van der Waals surface area (Å²) in [5.41, 5.74) is 0.270. The number of hydrogen-bond donors (Lipinski definition) is 3. The van der Waals surface area contributed by atoms with E-state index in [1.165, 1.54) is 11.3 Å². The van der Waals surface area contributed by atoms with Gasteiger partial charge in [0.25, 0.3) is 0 Å². The summed E-state index contributed by atoms with van der Waals surface area (Å²) in [6.45, 7) is 2.02. The van der Waals surface area contributed by atoms with E-state index in [9.17, 15) is 23.4 Å². The van der Waals surface area contributed by atoms with Gasteiger partial charge in [0.1, 0.15) is 16.3 Å². The summed E-state index contributed by atoms with van der Waals surface area (Å²) < 4.78 is 38.8. The number of aliphatic hydroxyl groups is 2. The molecule has 0 saturated heterocycles. The molecule has 0 atom stereocenters. The molecule has 0 bridgehead atoms. The van der Waals surface area contributed by atoms with E-state index in [0.717, 1.165) is 41.1 Å². The largest absolute Gasteiger partial charge is 0.433 e. The molecule has 6 nitrogen and oxygen atoms in total. The molecule has 32 heavy (non-hydrogen) atoms. The maximum absolute atomic E-state index is 12.9. The molecular formula is C22H23F3N4O2S. The molecule has 2 heterocycles. The van der Waals surface area contributed by atoms with E-state index >= 15 is 0 Å². The van der Waals surface area contributed by atoms with Crippen LogP contribution in [0.5, 0.6) is 0 Å². The molecule has 1 aliphatic carbocycles. The van der Waals surface area contributed by atoms with Gasteiger partial charge < -0.3 is 15.5 Å². The highest BCUT2D eigenvalue weighted by Gasteiger charge is 2.37. The summed E-state index contributed by atoms with van der Waals surface area (Å²) in [6.07, 6.45) is 0.824. The number of benzene rings is 1. The second kappa shape index (κ2) is 8.76. The van der Waals surface area contributed by atoms with Crippen LogP contribution < -0.4 is 5.32 Å². The van der Waals surface area contributed by atoms with Gasteiger partial charge in [-0.15, -0.1) is 11.3 Å². The molecule has 170 valence electrons. The van der Waals surface area contributed by atoms with Gasteiger partial charge in [0, 0.05) is 24.7 Å². The zero-order valence-corrected chi connectivity index (χ0v) is 18.2. The Morgan fingerprint density at radius 3 is 2.62 bits per heavy atom. The van der Waals surface area contributed by atoms with Crippen molar-refractivity contribution in [3.63, 3.8) is 0 Å². The van der Waals surface area contributed by atoms with Crippen molar-refractivity contribution >= 4 is 23.0 Å². The van der Waals surface area contributed by atoms with Crippen molar-refractivity contribution in [2.24, 2.45) is 5.92 Å². The van der Waals surface area contributed by atoms with Gasteiger partial charge in [-0.3, -0.25) is 0 Å². The fourth-order valence-corrected chi connectivity index (χ4v) is 4.93. The van der Waals surface area contributed by atoms with E-state index in [1.54, 1.807) is 18.3 Å². The van der Waals surface area contributed by atoms with Crippen molar-refractivity contribution in [3.8, 4) is 10.4 Å². The summed E-state index contributed by atoms with van der Waals surface area (Å²) in [5.74, 6) is 0.0782. The molecule has 1 saturated carbocycles. The van der Waals surface area contributed by atoms with Gasteiger partial charge in [-0.2, -0.15) is 13.2 Å². The lowest BCUT2D eigenvalue weighted by atomic mass is 9.79. The fraction of sp³-hybridized carbons (Fsp3) is 0.409. The highest BCUT2D eigenvalue weighted by atomic mass is 32.1. The molecule has 1 fully saturated rings. The van der Waals surface area contributed by atoms with Crippen molar-refractivity contribution < 1.29 is 23.4 Å². The first-order chi connectivity index (χ1) is 15.2. The third-order valence-electron chi connectivity index (χ3n) is 5.66. The van der Waals surface area contributed by atoms with Crippen LogP contribution in [0.25, 0.3) is 10.4 Å². The van der Waals surface area contributed by atoms with Crippen molar-refractivity contribution in [3.05, 3.63) is 52.9 Å². The minimum absolute atomic E-state index is 0.133. The second-order valence-corrected chi connectivity index (χ2v) is 9.19. The first-order valence-electron chi connectivity index (χ1n) is 10.3. The SMILES string of the molecule is Cc1cc(Nc2nccc(C(F)(F)F)n2)cc(-c2cnc(C3(O)CCC(CO)CC3)s2)c1. The maximum atomic E-state index is 12.9. The predicted octanol–water partition coefficient (Wildman–Crippen LogP) is 5.04. The van der Waals surface area contributed by atoms with E-state index in [2.05, 4.69) is 20.3 Å². The number of aliphatic hydroxyl groups excluding tert-OH is 1. The highest BCUT2D eigenvalue weighted by Crippen LogP contribution is 2.42. The normalized spacial score (nSPS) is 21.5. The van der Waals surface area contributed by atoms with Crippen LogP contribution in [0.1, 0.15) is 41.9 Å². The summed E-state index contributed by atoms with van der Waals surface area (Å²) in [4.78, 5) is 12.7. The standard InChI is InChI=1S/C22H23F3N4O2S/c1-13-8-15(10-16(9-13)28-20-26-7-4-18(29-20)22(23,24)25)17-11-27-19(32-17)21(31)5-2-14(12-30)3-6-21/h4,7-11,14,30-31H,2-3,5-6,12H2,1H3,(H,26,28,29). The minimum Gasteiger partial charge on any atom is -0.396 e. The molecular weight excluding hydrogens is 441 g/mol. The molecule has 0 amide bonds. The van der Waals surface area contributed by atoms with Crippen LogP contribution in [0, 0.1) is 12.8 Å². The number of alkyl halides is 3. The number of anilines is 2. The lowest BCUT2D eigenvalue weighted by Crippen LogP contribution is -2.32. The molecule has 10 heteroatoms. The van der Waals surface area contributed by atoms with Gasteiger partial charge in [0.15, 0.2) is 0 Å². The molecule has 2 aromatic heterocycles. The summed E-state index contributed by atoms with van der Waals surface area (Å²) in [7, 11) is 0. The van der Waals surface area contributed by atoms with Crippen LogP contribution in [0.3, 0.4) is 0 Å². The quantitative estimate of drug-likeness (QED) is 0.490. The first kappa shape index (κ1) is 22.6.